The van der Waals surface area contributed by atoms with Crippen molar-refractivity contribution in [2.24, 2.45) is 35.0 Å². The van der Waals surface area contributed by atoms with Gasteiger partial charge in [-0.3, -0.25) is 0 Å². The Kier molecular flexibility index (Phi) is 4.60. The molecule has 4 aliphatic carbocycles. The van der Waals surface area contributed by atoms with Crippen LogP contribution in [-0.2, 0) is 4.74 Å². The van der Waals surface area contributed by atoms with Gasteiger partial charge in [0.05, 0.1) is 11.7 Å². The van der Waals surface area contributed by atoms with Crippen LogP contribution >= 0.6 is 0 Å². The number of hydrogen-bond acceptors (Lipinski definition) is 2. The molecule has 1 N–H and O–H groups in total. The van der Waals surface area contributed by atoms with E-state index >= 15 is 0 Å². The smallest absolute Gasteiger partial charge is 0.0883 e. The molecule has 0 unspecified atom stereocenters. The molecule has 0 saturated heterocycles. The van der Waals surface area contributed by atoms with E-state index < -0.39 is 5.60 Å². The predicted octanol–water partition coefficient (Wildman–Crippen LogP) is 5.35. The maximum atomic E-state index is 10.9. The van der Waals surface area contributed by atoms with Crippen molar-refractivity contribution in [1.82, 2.24) is 0 Å². The summed E-state index contributed by atoms with van der Waals surface area (Å²) in [5.41, 5.74) is 1.61. The maximum Gasteiger partial charge on any atom is 0.0883 e. The number of aliphatic hydroxyl groups is 1. The van der Waals surface area contributed by atoms with Gasteiger partial charge in [0.25, 0.3) is 0 Å². The van der Waals surface area contributed by atoms with Crippen LogP contribution < -0.4 is 0 Å². The molecule has 0 spiro atoms. The number of hydrogen-bond donors (Lipinski definition) is 1. The number of allylic oxidation sites excluding steroid dienone is 2. The van der Waals surface area contributed by atoms with Gasteiger partial charge in [0.2, 0.25) is 0 Å². The van der Waals surface area contributed by atoms with E-state index in [0.29, 0.717) is 5.41 Å². The van der Waals surface area contributed by atoms with Gasteiger partial charge in [-0.15, -0.1) is 0 Å². The van der Waals surface area contributed by atoms with E-state index in [2.05, 4.69) is 26.8 Å². The molecule has 142 valence electrons. The fourth-order valence-corrected chi connectivity index (χ4v) is 7.79. The molecule has 2 nitrogen and oxygen atoms in total. The molecule has 0 heterocycles. The Hall–Kier alpha value is -0.340. The largest absolute Gasteiger partial charge is 0.387 e. The number of rotatable bonds is 2. The lowest BCUT2D eigenvalue weighted by atomic mass is 9.49. The Morgan fingerprint density at radius 1 is 1.12 bits per heavy atom. The molecule has 0 aliphatic heterocycles. The number of fused-ring (bicyclic) bond motifs is 5. The van der Waals surface area contributed by atoms with Crippen molar-refractivity contribution >= 4 is 0 Å². The van der Waals surface area contributed by atoms with Crippen LogP contribution in [0.4, 0.5) is 0 Å². The SMILES string of the molecule is CC=C1CC[C@H]2[C@@H]3CC[C@H]4C[C@](C)(O)[C@@H](OCC)C[C@@H]4[C@H]3CC[C@]12C. The van der Waals surface area contributed by atoms with Crippen LogP contribution in [0.15, 0.2) is 11.6 Å². The van der Waals surface area contributed by atoms with Crippen molar-refractivity contribution in [3.05, 3.63) is 11.6 Å². The van der Waals surface area contributed by atoms with E-state index in [4.69, 9.17) is 4.74 Å². The molecule has 0 aromatic heterocycles. The Morgan fingerprint density at radius 3 is 2.64 bits per heavy atom. The molecular weight excluding hydrogens is 308 g/mol. The van der Waals surface area contributed by atoms with Gasteiger partial charge in [-0.2, -0.15) is 0 Å². The molecule has 0 radical (unpaired) electrons. The average molecular weight is 347 g/mol. The van der Waals surface area contributed by atoms with Gasteiger partial charge in [-0.05, 0) is 107 Å². The Bertz CT molecular complexity index is 536. The molecule has 4 saturated carbocycles. The highest BCUT2D eigenvalue weighted by Gasteiger charge is 2.57. The minimum Gasteiger partial charge on any atom is -0.387 e. The zero-order valence-corrected chi connectivity index (χ0v) is 16.8. The summed E-state index contributed by atoms with van der Waals surface area (Å²) < 4.78 is 6.01. The first-order chi connectivity index (χ1) is 11.9. The molecule has 0 aromatic carbocycles. The summed E-state index contributed by atoms with van der Waals surface area (Å²) in [6, 6.07) is 0. The van der Waals surface area contributed by atoms with E-state index in [0.717, 1.165) is 49.0 Å². The van der Waals surface area contributed by atoms with Gasteiger partial charge >= 0.3 is 0 Å². The molecular formula is C23H38O2. The van der Waals surface area contributed by atoms with Crippen LogP contribution in [-0.4, -0.2) is 23.4 Å². The van der Waals surface area contributed by atoms with Crippen LogP contribution in [0.25, 0.3) is 0 Å². The fourth-order valence-electron chi connectivity index (χ4n) is 7.79. The summed E-state index contributed by atoms with van der Waals surface area (Å²) in [4.78, 5) is 0. The first-order valence-corrected chi connectivity index (χ1v) is 10.9. The van der Waals surface area contributed by atoms with E-state index in [-0.39, 0.29) is 6.10 Å². The highest BCUT2D eigenvalue weighted by atomic mass is 16.5. The molecule has 8 atom stereocenters. The minimum absolute atomic E-state index is 0.0421. The van der Waals surface area contributed by atoms with Crippen LogP contribution in [0.5, 0.6) is 0 Å². The molecule has 0 amide bonds. The summed E-state index contributed by atoms with van der Waals surface area (Å²) in [6.07, 6.45) is 12.8. The minimum atomic E-state index is -0.626. The summed E-state index contributed by atoms with van der Waals surface area (Å²) in [6.45, 7) is 9.62. The lowest BCUT2D eigenvalue weighted by molar-refractivity contribution is -0.169. The Balaban J connectivity index is 1.57. The van der Waals surface area contributed by atoms with Crippen LogP contribution in [0.2, 0.25) is 0 Å². The first-order valence-electron chi connectivity index (χ1n) is 10.9. The molecule has 2 heteroatoms. The van der Waals surface area contributed by atoms with E-state index in [1.807, 2.05) is 6.92 Å². The Labute approximate surface area is 154 Å². The number of ether oxygens (including phenoxy) is 1. The molecule has 4 fully saturated rings. The zero-order chi connectivity index (χ0) is 17.8. The third kappa shape index (κ3) is 2.74. The third-order valence-corrected chi connectivity index (χ3v) is 8.94. The first kappa shape index (κ1) is 18.0. The lowest BCUT2D eigenvalue weighted by Gasteiger charge is -2.57. The normalized spacial score (nSPS) is 54.0. The van der Waals surface area contributed by atoms with Gasteiger partial charge in [0.1, 0.15) is 0 Å². The average Bonchev–Trinajstić information content (AvgIpc) is 2.91. The van der Waals surface area contributed by atoms with Crippen LogP contribution in [0, 0.1) is 35.0 Å². The van der Waals surface area contributed by atoms with E-state index in [9.17, 15) is 5.11 Å². The van der Waals surface area contributed by atoms with Gasteiger partial charge in [0, 0.05) is 6.61 Å². The highest BCUT2D eigenvalue weighted by Crippen LogP contribution is 2.64. The monoisotopic (exact) mass is 346 g/mol. The lowest BCUT2D eigenvalue weighted by Crippen LogP contribution is -2.55. The highest BCUT2D eigenvalue weighted by molar-refractivity contribution is 5.23. The molecule has 4 aliphatic rings. The summed E-state index contributed by atoms with van der Waals surface area (Å²) in [5.74, 6) is 4.22. The Morgan fingerprint density at radius 2 is 1.92 bits per heavy atom. The summed E-state index contributed by atoms with van der Waals surface area (Å²) >= 11 is 0. The topological polar surface area (TPSA) is 29.5 Å². The molecule has 0 aromatic rings. The molecule has 0 bridgehead atoms. The maximum absolute atomic E-state index is 10.9. The second kappa shape index (κ2) is 6.37. The van der Waals surface area contributed by atoms with Gasteiger partial charge in [0.15, 0.2) is 0 Å². The predicted molar refractivity (Wildman–Crippen MR) is 102 cm³/mol. The van der Waals surface area contributed by atoms with Crippen molar-refractivity contribution < 1.29 is 9.84 Å². The van der Waals surface area contributed by atoms with Crippen molar-refractivity contribution in [2.75, 3.05) is 6.61 Å². The molecule has 25 heavy (non-hydrogen) atoms. The van der Waals surface area contributed by atoms with Crippen LogP contribution in [0.3, 0.4) is 0 Å². The zero-order valence-electron chi connectivity index (χ0n) is 16.8. The van der Waals surface area contributed by atoms with Crippen molar-refractivity contribution in [3.8, 4) is 0 Å². The second-order valence-electron chi connectivity index (χ2n) is 9.99. The quantitative estimate of drug-likeness (QED) is 0.683. The van der Waals surface area contributed by atoms with Crippen molar-refractivity contribution in [3.63, 3.8) is 0 Å². The van der Waals surface area contributed by atoms with Gasteiger partial charge in [-0.1, -0.05) is 18.6 Å². The fraction of sp³-hybridized carbons (Fsp3) is 0.913. The summed E-state index contributed by atoms with van der Waals surface area (Å²) in [7, 11) is 0. The van der Waals surface area contributed by atoms with Crippen molar-refractivity contribution in [2.45, 2.75) is 90.8 Å². The van der Waals surface area contributed by atoms with Crippen molar-refractivity contribution in [1.29, 1.82) is 0 Å². The van der Waals surface area contributed by atoms with Crippen LogP contribution in [0.1, 0.15) is 79.1 Å². The standard InChI is InChI=1S/C23H38O2/c1-5-16-8-10-20-18-9-7-15-14-23(4,24)21(25-6-2)13-19(15)17(18)11-12-22(16,20)3/h5,15,17-21,24H,6-14H2,1-4H3/t15-,17-,18+,19-,20-,21-,22+,23-/m0/s1. The van der Waals surface area contributed by atoms with Gasteiger partial charge < -0.3 is 9.84 Å². The van der Waals surface area contributed by atoms with E-state index in [1.54, 1.807) is 5.57 Å². The third-order valence-electron chi connectivity index (χ3n) is 8.94. The van der Waals surface area contributed by atoms with Gasteiger partial charge in [-0.25, -0.2) is 0 Å². The van der Waals surface area contributed by atoms with E-state index in [1.165, 1.54) is 38.5 Å². The molecule has 4 rings (SSSR count). The second-order valence-corrected chi connectivity index (χ2v) is 9.99. The summed E-state index contributed by atoms with van der Waals surface area (Å²) in [5, 5.41) is 10.9.